The molecular formula is C19H38O4. The lowest BCUT2D eigenvalue weighted by Crippen LogP contribution is -2.37. The maximum Gasteiger partial charge on any atom is 0.0825 e. The average molecular weight is 331 g/mol. The van der Waals surface area contributed by atoms with Crippen molar-refractivity contribution in [3.8, 4) is 0 Å². The molecule has 4 N–H and O–H groups in total. The molecule has 5 unspecified atom stereocenters. The zero-order valence-corrected chi connectivity index (χ0v) is 14.9. The van der Waals surface area contributed by atoms with Gasteiger partial charge in [0.1, 0.15) is 0 Å². The minimum Gasteiger partial charge on any atom is -0.391 e. The molecule has 1 aliphatic carbocycles. The second kappa shape index (κ2) is 12.2. The minimum atomic E-state index is -0.823. The lowest BCUT2D eigenvalue weighted by molar-refractivity contribution is -0.0490. The summed E-state index contributed by atoms with van der Waals surface area (Å²) in [6.07, 6.45) is 10.5. The van der Waals surface area contributed by atoms with Crippen molar-refractivity contribution in [2.24, 2.45) is 5.92 Å². The molecule has 0 saturated heterocycles. The summed E-state index contributed by atoms with van der Waals surface area (Å²) in [6, 6.07) is 0. The molecule has 4 nitrogen and oxygen atoms in total. The van der Waals surface area contributed by atoms with Gasteiger partial charge in [0.2, 0.25) is 0 Å². The van der Waals surface area contributed by atoms with E-state index in [2.05, 4.69) is 0 Å². The molecule has 4 heteroatoms. The fraction of sp³-hybridized carbons (Fsp3) is 1.00. The summed E-state index contributed by atoms with van der Waals surface area (Å²) in [5.41, 5.74) is 0. The maximum absolute atomic E-state index is 10.2. The largest absolute Gasteiger partial charge is 0.391 e. The summed E-state index contributed by atoms with van der Waals surface area (Å²) in [5, 5.41) is 40.2. The van der Waals surface area contributed by atoms with Crippen molar-refractivity contribution in [1.82, 2.24) is 0 Å². The minimum absolute atomic E-state index is 0.146. The van der Waals surface area contributed by atoms with Gasteiger partial charge in [0.05, 0.1) is 24.4 Å². The Balaban J connectivity index is 2.56. The van der Waals surface area contributed by atoms with Gasteiger partial charge in [0, 0.05) is 0 Å². The summed E-state index contributed by atoms with van der Waals surface area (Å²) >= 11 is 0. The van der Waals surface area contributed by atoms with Crippen molar-refractivity contribution in [3.63, 3.8) is 0 Å². The topological polar surface area (TPSA) is 80.9 Å². The molecule has 23 heavy (non-hydrogen) atoms. The van der Waals surface area contributed by atoms with Gasteiger partial charge in [-0.25, -0.2) is 0 Å². The Morgan fingerprint density at radius 1 is 0.652 bits per heavy atom. The molecule has 1 aliphatic rings. The van der Waals surface area contributed by atoms with E-state index in [0.717, 1.165) is 32.1 Å². The van der Waals surface area contributed by atoms with E-state index in [4.69, 9.17) is 0 Å². The third kappa shape index (κ3) is 9.04. The van der Waals surface area contributed by atoms with E-state index in [9.17, 15) is 20.4 Å². The SMILES string of the molecule is CC(O)C(O)C1CCCCCCCCCCCCC(O)C(O)C1. The Labute approximate surface area is 141 Å². The van der Waals surface area contributed by atoms with Gasteiger partial charge in [0.25, 0.3) is 0 Å². The predicted octanol–water partition coefficient (Wildman–Crippen LogP) is 3.15. The van der Waals surface area contributed by atoms with Crippen LogP contribution in [0.4, 0.5) is 0 Å². The van der Waals surface area contributed by atoms with Crippen LogP contribution in [0.3, 0.4) is 0 Å². The number of rotatable bonds is 2. The summed E-state index contributed by atoms with van der Waals surface area (Å²) in [7, 11) is 0. The van der Waals surface area contributed by atoms with E-state index < -0.39 is 24.4 Å². The first kappa shape index (κ1) is 20.9. The normalized spacial score (nSPS) is 33.0. The van der Waals surface area contributed by atoms with Crippen LogP contribution < -0.4 is 0 Å². The quantitative estimate of drug-likeness (QED) is 0.627. The van der Waals surface area contributed by atoms with Gasteiger partial charge in [-0.2, -0.15) is 0 Å². The molecule has 0 radical (unpaired) electrons. The van der Waals surface area contributed by atoms with Crippen molar-refractivity contribution in [1.29, 1.82) is 0 Å². The standard InChI is InChI=1S/C19H38O4/c1-15(20)19(23)16-12-10-8-6-4-2-3-5-7-9-11-13-17(21)18(22)14-16/h15-23H,2-14H2,1H3. The zero-order chi connectivity index (χ0) is 17.1. The summed E-state index contributed by atoms with van der Waals surface area (Å²) < 4.78 is 0. The Kier molecular flexibility index (Phi) is 11.1. The molecule has 0 amide bonds. The molecule has 0 aliphatic heterocycles. The van der Waals surface area contributed by atoms with E-state index in [0.29, 0.717) is 12.8 Å². The van der Waals surface area contributed by atoms with E-state index >= 15 is 0 Å². The second-order valence-electron chi connectivity index (χ2n) is 7.47. The molecule has 0 aromatic rings. The highest BCUT2D eigenvalue weighted by molar-refractivity contribution is 4.79. The first-order valence-electron chi connectivity index (χ1n) is 9.74. The van der Waals surface area contributed by atoms with Gasteiger partial charge in [0.15, 0.2) is 0 Å². The molecule has 0 aromatic carbocycles. The highest BCUT2D eigenvalue weighted by Crippen LogP contribution is 2.25. The Bertz CT molecular complexity index is 283. The highest BCUT2D eigenvalue weighted by Gasteiger charge is 2.28. The van der Waals surface area contributed by atoms with Crippen molar-refractivity contribution < 1.29 is 20.4 Å². The summed E-state index contributed by atoms with van der Waals surface area (Å²) in [6.45, 7) is 1.59. The average Bonchev–Trinajstić information content (AvgIpc) is 2.52. The van der Waals surface area contributed by atoms with Gasteiger partial charge >= 0.3 is 0 Å². The number of hydrogen-bond donors (Lipinski definition) is 4. The van der Waals surface area contributed by atoms with Crippen LogP contribution in [0, 0.1) is 5.92 Å². The Morgan fingerprint density at radius 3 is 1.57 bits per heavy atom. The third-order valence-electron chi connectivity index (χ3n) is 5.29. The van der Waals surface area contributed by atoms with Crippen LogP contribution in [0.2, 0.25) is 0 Å². The third-order valence-corrected chi connectivity index (χ3v) is 5.29. The molecule has 0 spiro atoms. The van der Waals surface area contributed by atoms with Crippen molar-refractivity contribution >= 4 is 0 Å². The lowest BCUT2D eigenvalue weighted by Gasteiger charge is -2.29. The Morgan fingerprint density at radius 2 is 1.09 bits per heavy atom. The predicted molar refractivity (Wildman–Crippen MR) is 93.2 cm³/mol. The van der Waals surface area contributed by atoms with E-state index in [1.165, 1.54) is 38.5 Å². The van der Waals surface area contributed by atoms with Crippen LogP contribution in [0.5, 0.6) is 0 Å². The monoisotopic (exact) mass is 330 g/mol. The van der Waals surface area contributed by atoms with Crippen LogP contribution in [-0.2, 0) is 0 Å². The molecule has 1 saturated carbocycles. The van der Waals surface area contributed by atoms with Crippen LogP contribution in [0.25, 0.3) is 0 Å². The van der Waals surface area contributed by atoms with E-state index in [-0.39, 0.29) is 5.92 Å². The fourth-order valence-electron chi connectivity index (χ4n) is 3.66. The second-order valence-corrected chi connectivity index (χ2v) is 7.47. The first-order valence-corrected chi connectivity index (χ1v) is 9.74. The van der Waals surface area contributed by atoms with Crippen LogP contribution in [0.15, 0.2) is 0 Å². The molecule has 138 valence electrons. The van der Waals surface area contributed by atoms with Crippen LogP contribution >= 0.6 is 0 Å². The van der Waals surface area contributed by atoms with E-state index in [1.807, 2.05) is 0 Å². The molecule has 5 atom stereocenters. The van der Waals surface area contributed by atoms with Gasteiger partial charge in [-0.05, 0) is 32.1 Å². The zero-order valence-electron chi connectivity index (χ0n) is 14.9. The molecule has 1 fully saturated rings. The molecule has 1 rings (SSSR count). The van der Waals surface area contributed by atoms with Gasteiger partial charge < -0.3 is 20.4 Å². The summed E-state index contributed by atoms with van der Waals surface area (Å²) in [5.74, 6) is -0.146. The Hall–Kier alpha value is -0.160. The highest BCUT2D eigenvalue weighted by atomic mass is 16.3. The molecular weight excluding hydrogens is 292 g/mol. The van der Waals surface area contributed by atoms with Crippen LogP contribution in [0.1, 0.15) is 90.4 Å². The molecule has 0 aromatic heterocycles. The smallest absolute Gasteiger partial charge is 0.0825 e. The lowest BCUT2D eigenvalue weighted by atomic mass is 9.85. The number of hydrogen-bond acceptors (Lipinski definition) is 4. The number of aliphatic hydroxyl groups is 4. The van der Waals surface area contributed by atoms with Gasteiger partial charge in [-0.3, -0.25) is 0 Å². The van der Waals surface area contributed by atoms with E-state index in [1.54, 1.807) is 6.92 Å². The van der Waals surface area contributed by atoms with Crippen molar-refractivity contribution in [2.45, 2.75) is 115 Å². The molecule has 0 bridgehead atoms. The van der Waals surface area contributed by atoms with Crippen molar-refractivity contribution in [3.05, 3.63) is 0 Å². The summed E-state index contributed by atoms with van der Waals surface area (Å²) in [4.78, 5) is 0. The van der Waals surface area contributed by atoms with Crippen LogP contribution in [-0.4, -0.2) is 44.8 Å². The van der Waals surface area contributed by atoms with Crippen molar-refractivity contribution in [2.75, 3.05) is 0 Å². The van der Waals surface area contributed by atoms with Gasteiger partial charge in [-0.1, -0.05) is 64.2 Å². The maximum atomic E-state index is 10.2. The van der Waals surface area contributed by atoms with Gasteiger partial charge in [-0.15, -0.1) is 0 Å². The number of aliphatic hydroxyl groups excluding tert-OH is 4. The fourth-order valence-corrected chi connectivity index (χ4v) is 3.66. The first-order chi connectivity index (χ1) is 11.0. The molecule has 0 heterocycles.